The third kappa shape index (κ3) is 2.91. The van der Waals surface area contributed by atoms with Crippen molar-refractivity contribution < 1.29 is 0 Å². The zero-order valence-electron chi connectivity index (χ0n) is 12.7. The molecule has 6 heteroatoms. The molecule has 110 valence electrons. The molecule has 0 amide bonds. The molecule has 0 aliphatic rings. The van der Waals surface area contributed by atoms with E-state index in [4.69, 9.17) is 5.73 Å². The first-order valence-corrected chi connectivity index (χ1v) is 6.92. The van der Waals surface area contributed by atoms with E-state index in [0.29, 0.717) is 12.6 Å². The highest BCUT2D eigenvalue weighted by atomic mass is 15.2. The van der Waals surface area contributed by atoms with Crippen molar-refractivity contribution in [3.8, 4) is 0 Å². The minimum Gasteiger partial charge on any atom is -0.337 e. The first-order valence-electron chi connectivity index (χ1n) is 6.92. The molecule has 2 aromatic rings. The van der Waals surface area contributed by atoms with Crippen LogP contribution in [0.4, 0.5) is 0 Å². The van der Waals surface area contributed by atoms with E-state index >= 15 is 0 Å². The molecule has 0 fully saturated rings. The van der Waals surface area contributed by atoms with Gasteiger partial charge < -0.3 is 14.9 Å². The summed E-state index contributed by atoms with van der Waals surface area (Å²) in [4.78, 5) is 10.9. The van der Waals surface area contributed by atoms with Gasteiger partial charge in [-0.25, -0.2) is 9.97 Å². The van der Waals surface area contributed by atoms with Crippen LogP contribution in [0, 0.1) is 0 Å². The highest BCUT2D eigenvalue weighted by molar-refractivity contribution is 5.08. The second-order valence-corrected chi connectivity index (χ2v) is 5.44. The molecule has 1 atom stereocenters. The van der Waals surface area contributed by atoms with Gasteiger partial charge in [-0.3, -0.25) is 4.90 Å². The number of likely N-dealkylation sites (N-methyl/N-ethyl adjacent to an activating group) is 1. The van der Waals surface area contributed by atoms with E-state index in [1.54, 1.807) is 0 Å². The quantitative estimate of drug-likeness (QED) is 0.864. The summed E-state index contributed by atoms with van der Waals surface area (Å²) < 4.78 is 4.20. The molecule has 0 bridgehead atoms. The molecule has 0 aliphatic carbocycles. The molecule has 2 heterocycles. The molecule has 2 rings (SSSR count). The van der Waals surface area contributed by atoms with Gasteiger partial charge in [-0.1, -0.05) is 0 Å². The summed E-state index contributed by atoms with van der Waals surface area (Å²) >= 11 is 0. The molecule has 0 spiro atoms. The summed E-state index contributed by atoms with van der Waals surface area (Å²) in [5.41, 5.74) is 7.14. The van der Waals surface area contributed by atoms with Crippen LogP contribution >= 0.6 is 0 Å². The Morgan fingerprint density at radius 3 is 2.70 bits per heavy atom. The third-order valence-corrected chi connectivity index (χ3v) is 3.66. The molecule has 6 nitrogen and oxygen atoms in total. The first kappa shape index (κ1) is 14.7. The van der Waals surface area contributed by atoms with Crippen LogP contribution in [-0.2, 0) is 13.6 Å². The van der Waals surface area contributed by atoms with Gasteiger partial charge >= 0.3 is 0 Å². The van der Waals surface area contributed by atoms with Gasteiger partial charge in [0.15, 0.2) is 0 Å². The minimum atomic E-state index is 0.136. The fourth-order valence-corrected chi connectivity index (χ4v) is 2.41. The van der Waals surface area contributed by atoms with E-state index in [2.05, 4.69) is 40.3 Å². The fourth-order valence-electron chi connectivity index (χ4n) is 2.41. The zero-order chi connectivity index (χ0) is 14.7. The van der Waals surface area contributed by atoms with Crippen LogP contribution in [0.5, 0.6) is 0 Å². The van der Waals surface area contributed by atoms with E-state index in [-0.39, 0.29) is 6.04 Å². The molecule has 0 aliphatic heterocycles. The van der Waals surface area contributed by atoms with Crippen LogP contribution in [-0.4, -0.2) is 37.6 Å². The van der Waals surface area contributed by atoms with E-state index in [1.165, 1.54) is 0 Å². The number of nitrogens with two attached hydrogens (primary N) is 1. The first-order chi connectivity index (χ1) is 9.54. The van der Waals surface area contributed by atoms with Crippen LogP contribution in [0.25, 0.3) is 0 Å². The minimum absolute atomic E-state index is 0.136. The molecular weight excluding hydrogens is 252 g/mol. The van der Waals surface area contributed by atoms with E-state index in [0.717, 1.165) is 18.1 Å². The molecule has 2 N–H and O–H groups in total. The van der Waals surface area contributed by atoms with Gasteiger partial charge in [0, 0.05) is 38.2 Å². The van der Waals surface area contributed by atoms with Crippen LogP contribution in [0.1, 0.15) is 37.4 Å². The van der Waals surface area contributed by atoms with Crippen molar-refractivity contribution in [3.05, 3.63) is 36.4 Å². The van der Waals surface area contributed by atoms with Crippen molar-refractivity contribution >= 4 is 0 Å². The van der Waals surface area contributed by atoms with Gasteiger partial charge in [-0.15, -0.1) is 0 Å². The average Bonchev–Trinajstić information content (AvgIpc) is 3.01. The lowest BCUT2D eigenvalue weighted by Crippen LogP contribution is -2.32. The maximum absolute atomic E-state index is 5.99. The standard InChI is InChI=1S/C14H24N6/c1-11(2)20-10-16-8-13(20)12(7-15)19(4)9-14-17-5-6-18(14)3/h5-6,8,10-12H,7,9,15H2,1-4H3. The molecule has 20 heavy (non-hydrogen) atoms. The number of rotatable bonds is 6. The number of aromatic nitrogens is 4. The van der Waals surface area contributed by atoms with Crippen LogP contribution in [0.2, 0.25) is 0 Å². The fraction of sp³-hybridized carbons (Fsp3) is 0.571. The van der Waals surface area contributed by atoms with Crippen LogP contribution in [0.3, 0.4) is 0 Å². The highest BCUT2D eigenvalue weighted by Crippen LogP contribution is 2.22. The summed E-state index contributed by atoms with van der Waals surface area (Å²) in [6, 6.07) is 0.514. The normalized spacial score (nSPS) is 13.3. The van der Waals surface area contributed by atoms with Gasteiger partial charge in [-0.05, 0) is 20.9 Å². The van der Waals surface area contributed by atoms with Crippen LogP contribution < -0.4 is 5.73 Å². The van der Waals surface area contributed by atoms with Gasteiger partial charge in [0.25, 0.3) is 0 Å². The Hall–Kier alpha value is -1.66. The molecule has 0 saturated carbocycles. The Balaban J connectivity index is 2.19. The monoisotopic (exact) mass is 276 g/mol. The predicted molar refractivity (Wildman–Crippen MR) is 79.1 cm³/mol. The van der Waals surface area contributed by atoms with Crippen molar-refractivity contribution in [2.75, 3.05) is 13.6 Å². The maximum atomic E-state index is 5.99. The number of nitrogens with zero attached hydrogens (tertiary/aromatic N) is 5. The lowest BCUT2D eigenvalue weighted by atomic mass is 10.1. The van der Waals surface area contributed by atoms with Gasteiger partial charge in [-0.2, -0.15) is 0 Å². The number of hydrogen-bond acceptors (Lipinski definition) is 4. The van der Waals surface area contributed by atoms with Crippen molar-refractivity contribution in [2.24, 2.45) is 12.8 Å². The highest BCUT2D eigenvalue weighted by Gasteiger charge is 2.21. The summed E-state index contributed by atoms with van der Waals surface area (Å²) in [5.74, 6) is 1.03. The van der Waals surface area contributed by atoms with E-state index in [9.17, 15) is 0 Å². The van der Waals surface area contributed by atoms with Crippen molar-refractivity contribution in [1.29, 1.82) is 0 Å². The molecule has 0 aromatic carbocycles. The van der Waals surface area contributed by atoms with Gasteiger partial charge in [0.05, 0.1) is 24.6 Å². The SMILES string of the molecule is CC(C)n1cncc1C(CN)N(C)Cc1nccn1C. The number of aryl methyl sites for hydroxylation is 1. The number of imidazole rings is 2. The molecule has 2 aromatic heterocycles. The lowest BCUT2D eigenvalue weighted by Gasteiger charge is -2.28. The van der Waals surface area contributed by atoms with Gasteiger partial charge in [0.2, 0.25) is 0 Å². The Labute approximate surface area is 120 Å². The molecule has 0 saturated heterocycles. The number of hydrogen-bond donors (Lipinski definition) is 1. The Bertz CT molecular complexity index is 541. The lowest BCUT2D eigenvalue weighted by molar-refractivity contribution is 0.223. The smallest absolute Gasteiger partial charge is 0.122 e. The zero-order valence-corrected chi connectivity index (χ0v) is 12.7. The second-order valence-electron chi connectivity index (χ2n) is 5.44. The second kappa shape index (κ2) is 6.19. The maximum Gasteiger partial charge on any atom is 0.122 e. The molecular formula is C14H24N6. The summed E-state index contributed by atoms with van der Waals surface area (Å²) in [7, 11) is 4.08. The average molecular weight is 276 g/mol. The van der Waals surface area contributed by atoms with Crippen molar-refractivity contribution in [1.82, 2.24) is 24.0 Å². The summed E-state index contributed by atoms with van der Waals surface area (Å²) in [6.45, 7) is 5.61. The molecule has 0 radical (unpaired) electrons. The topological polar surface area (TPSA) is 64.9 Å². The van der Waals surface area contributed by atoms with E-state index < -0.39 is 0 Å². The van der Waals surface area contributed by atoms with Crippen molar-refractivity contribution in [3.63, 3.8) is 0 Å². The Kier molecular flexibility index (Phi) is 4.57. The predicted octanol–water partition coefficient (Wildman–Crippen LogP) is 1.33. The largest absolute Gasteiger partial charge is 0.337 e. The molecule has 1 unspecified atom stereocenters. The Morgan fingerprint density at radius 1 is 1.40 bits per heavy atom. The third-order valence-electron chi connectivity index (χ3n) is 3.66. The van der Waals surface area contributed by atoms with Crippen molar-refractivity contribution in [2.45, 2.75) is 32.5 Å². The summed E-state index contributed by atoms with van der Waals surface area (Å²) in [6.07, 6.45) is 7.56. The van der Waals surface area contributed by atoms with Crippen LogP contribution in [0.15, 0.2) is 24.9 Å². The summed E-state index contributed by atoms with van der Waals surface area (Å²) in [5, 5.41) is 0. The van der Waals surface area contributed by atoms with Gasteiger partial charge in [0.1, 0.15) is 5.82 Å². The Morgan fingerprint density at radius 2 is 2.15 bits per heavy atom. The van der Waals surface area contributed by atoms with E-state index in [1.807, 2.05) is 36.5 Å².